The summed E-state index contributed by atoms with van der Waals surface area (Å²) in [6, 6.07) is 11.9. The van der Waals surface area contributed by atoms with Crippen LogP contribution in [0.4, 0.5) is 0 Å². The van der Waals surface area contributed by atoms with E-state index in [0.29, 0.717) is 11.6 Å². The lowest BCUT2D eigenvalue weighted by molar-refractivity contribution is -0.136. The number of aryl methyl sites for hydroxylation is 2. The first-order valence-corrected chi connectivity index (χ1v) is 10.8. The summed E-state index contributed by atoms with van der Waals surface area (Å²) >= 11 is 7.93. The van der Waals surface area contributed by atoms with Crippen LogP contribution in [-0.4, -0.2) is 23.4 Å². The van der Waals surface area contributed by atoms with Crippen LogP contribution >= 0.6 is 23.4 Å². The Bertz CT molecular complexity index is 761. The highest BCUT2D eigenvalue weighted by Crippen LogP contribution is 2.29. The van der Waals surface area contributed by atoms with E-state index in [9.17, 15) is 4.79 Å². The van der Waals surface area contributed by atoms with Gasteiger partial charge in [-0.2, -0.15) is 0 Å². The maximum Gasteiger partial charge on any atom is 0.307 e. The zero-order chi connectivity index (χ0) is 19.6. The van der Waals surface area contributed by atoms with Crippen LogP contribution in [0.1, 0.15) is 43.4 Å². The molecule has 0 saturated heterocycles. The molecule has 0 amide bonds. The number of carboxylic acid groups (broad SMARTS) is 1. The third-order valence-electron chi connectivity index (χ3n) is 4.21. The van der Waals surface area contributed by atoms with Crippen molar-refractivity contribution in [2.24, 2.45) is 0 Å². The van der Waals surface area contributed by atoms with Crippen LogP contribution in [0, 0.1) is 0 Å². The van der Waals surface area contributed by atoms with Crippen molar-refractivity contribution in [3.8, 4) is 5.75 Å². The van der Waals surface area contributed by atoms with Crippen molar-refractivity contribution in [2.75, 3.05) is 12.4 Å². The minimum absolute atomic E-state index is 0.00454. The third kappa shape index (κ3) is 7.11. The second-order valence-electron chi connectivity index (χ2n) is 6.43. The molecule has 0 aliphatic rings. The molecule has 3 nitrogen and oxygen atoms in total. The van der Waals surface area contributed by atoms with Crippen molar-refractivity contribution in [3.05, 3.63) is 58.1 Å². The topological polar surface area (TPSA) is 46.5 Å². The Labute approximate surface area is 171 Å². The molecule has 0 atom stereocenters. The SMILES string of the molecule is CCCc1cc(CC)ccc1OCCCSc1ccc(CC(=O)O)cc1Cl. The van der Waals surface area contributed by atoms with E-state index < -0.39 is 5.97 Å². The number of ether oxygens (including phenoxy) is 1. The molecule has 0 spiro atoms. The molecule has 2 aromatic carbocycles. The molecule has 0 fully saturated rings. The zero-order valence-corrected chi connectivity index (χ0v) is 17.5. The first-order valence-electron chi connectivity index (χ1n) is 9.41. The van der Waals surface area contributed by atoms with Crippen molar-refractivity contribution in [2.45, 2.75) is 50.8 Å². The van der Waals surface area contributed by atoms with E-state index in [1.807, 2.05) is 12.1 Å². The maximum atomic E-state index is 10.8. The van der Waals surface area contributed by atoms with Crippen LogP contribution < -0.4 is 4.74 Å². The summed E-state index contributed by atoms with van der Waals surface area (Å²) in [5.41, 5.74) is 3.36. The van der Waals surface area contributed by atoms with Crippen LogP contribution in [0.2, 0.25) is 5.02 Å². The number of halogens is 1. The van der Waals surface area contributed by atoms with E-state index in [1.54, 1.807) is 17.8 Å². The summed E-state index contributed by atoms with van der Waals surface area (Å²) in [5.74, 6) is 1.04. The summed E-state index contributed by atoms with van der Waals surface area (Å²) in [7, 11) is 0. The molecule has 0 heterocycles. The van der Waals surface area contributed by atoms with Crippen molar-refractivity contribution in [1.29, 1.82) is 0 Å². The van der Waals surface area contributed by atoms with Gasteiger partial charge < -0.3 is 9.84 Å². The first kappa shape index (κ1) is 21.6. The lowest BCUT2D eigenvalue weighted by atomic mass is 10.0. The van der Waals surface area contributed by atoms with Crippen LogP contribution in [-0.2, 0) is 24.1 Å². The molecule has 2 rings (SSSR count). The molecular formula is C22H27ClO3S. The summed E-state index contributed by atoms with van der Waals surface area (Å²) < 4.78 is 6.01. The standard InChI is InChI=1S/C22H27ClO3S/c1-3-6-18-13-16(4-2)7-9-20(18)26-11-5-12-27-21-10-8-17(14-19(21)23)15-22(24)25/h7-10,13-14H,3-6,11-12,15H2,1-2H3,(H,24,25). The normalized spacial score (nSPS) is 10.8. The van der Waals surface area contributed by atoms with Gasteiger partial charge in [-0.1, -0.05) is 50.1 Å². The highest BCUT2D eigenvalue weighted by molar-refractivity contribution is 7.99. The number of aliphatic carboxylic acids is 1. The van der Waals surface area contributed by atoms with E-state index in [1.165, 1.54) is 11.1 Å². The molecule has 1 N–H and O–H groups in total. The molecular weight excluding hydrogens is 380 g/mol. The quantitative estimate of drug-likeness (QED) is 0.365. The second kappa shape index (κ2) is 11.3. The van der Waals surface area contributed by atoms with E-state index in [0.717, 1.165) is 47.6 Å². The minimum Gasteiger partial charge on any atom is -0.493 e. The Morgan fingerprint density at radius 3 is 2.59 bits per heavy atom. The van der Waals surface area contributed by atoms with Gasteiger partial charge in [0.15, 0.2) is 0 Å². The maximum absolute atomic E-state index is 10.8. The van der Waals surface area contributed by atoms with Gasteiger partial charge in [-0.15, -0.1) is 11.8 Å². The summed E-state index contributed by atoms with van der Waals surface area (Å²) in [4.78, 5) is 11.7. The lowest BCUT2D eigenvalue weighted by Gasteiger charge is -2.13. The lowest BCUT2D eigenvalue weighted by Crippen LogP contribution is -2.02. The smallest absolute Gasteiger partial charge is 0.307 e. The summed E-state index contributed by atoms with van der Waals surface area (Å²) in [6.45, 7) is 5.02. The molecule has 0 unspecified atom stereocenters. The van der Waals surface area contributed by atoms with Gasteiger partial charge in [0, 0.05) is 10.6 Å². The number of carboxylic acids is 1. The molecule has 2 aromatic rings. The Hall–Kier alpha value is -1.65. The van der Waals surface area contributed by atoms with Crippen molar-refractivity contribution in [1.82, 2.24) is 0 Å². The number of rotatable bonds is 11. The molecule has 0 bridgehead atoms. The minimum atomic E-state index is -0.849. The van der Waals surface area contributed by atoms with E-state index >= 15 is 0 Å². The number of carbonyl (C=O) groups is 1. The van der Waals surface area contributed by atoms with Gasteiger partial charge >= 0.3 is 5.97 Å². The Kier molecular flexibility index (Phi) is 9.02. The van der Waals surface area contributed by atoms with Gasteiger partial charge in [0.2, 0.25) is 0 Å². The predicted molar refractivity (Wildman–Crippen MR) is 113 cm³/mol. The molecule has 0 aliphatic carbocycles. The summed E-state index contributed by atoms with van der Waals surface area (Å²) in [6.07, 6.45) is 4.10. The second-order valence-corrected chi connectivity index (χ2v) is 7.98. The fourth-order valence-corrected chi connectivity index (χ4v) is 4.04. The number of hydrogen-bond acceptors (Lipinski definition) is 3. The van der Waals surface area contributed by atoms with Gasteiger partial charge in [-0.05, 0) is 54.2 Å². The van der Waals surface area contributed by atoms with Gasteiger partial charge in [-0.25, -0.2) is 0 Å². The highest BCUT2D eigenvalue weighted by atomic mass is 35.5. The predicted octanol–water partition coefficient (Wildman–Crippen LogP) is 6.04. The van der Waals surface area contributed by atoms with Crippen LogP contribution in [0.5, 0.6) is 5.75 Å². The fourth-order valence-electron chi connectivity index (χ4n) is 2.83. The zero-order valence-electron chi connectivity index (χ0n) is 16.0. The first-order chi connectivity index (χ1) is 13.0. The molecule has 0 aliphatic heterocycles. The Morgan fingerprint density at radius 2 is 1.93 bits per heavy atom. The molecule has 27 heavy (non-hydrogen) atoms. The van der Waals surface area contributed by atoms with Gasteiger partial charge in [-0.3, -0.25) is 4.79 Å². The molecule has 0 saturated carbocycles. The van der Waals surface area contributed by atoms with Gasteiger partial charge in [0.05, 0.1) is 18.1 Å². The highest BCUT2D eigenvalue weighted by Gasteiger charge is 2.07. The van der Waals surface area contributed by atoms with Gasteiger partial charge in [0.1, 0.15) is 5.75 Å². The monoisotopic (exact) mass is 406 g/mol. The Balaban J connectivity index is 1.81. The third-order valence-corrected chi connectivity index (χ3v) is 5.79. The van der Waals surface area contributed by atoms with Crippen LogP contribution in [0.25, 0.3) is 0 Å². The molecule has 146 valence electrons. The van der Waals surface area contributed by atoms with Crippen molar-refractivity contribution in [3.63, 3.8) is 0 Å². The number of thioether (sulfide) groups is 1. The largest absolute Gasteiger partial charge is 0.493 e. The average molecular weight is 407 g/mol. The van der Waals surface area contributed by atoms with Crippen LogP contribution in [0.15, 0.2) is 41.3 Å². The van der Waals surface area contributed by atoms with E-state index in [2.05, 4.69) is 32.0 Å². The van der Waals surface area contributed by atoms with Crippen molar-refractivity contribution < 1.29 is 14.6 Å². The Morgan fingerprint density at radius 1 is 1.15 bits per heavy atom. The van der Waals surface area contributed by atoms with E-state index in [-0.39, 0.29) is 6.42 Å². The van der Waals surface area contributed by atoms with Crippen LogP contribution in [0.3, 0.4) is 0 Å². The van der Waals surface area contributed by atoms with Gasteiger partial charge in [0.25, 0.3) is 0 Å². The van der Waals surface area contributed by atoms with E-state index in [4.69, 9.17) is 21.4 Å². The molecule has 0 aromatic heterocycles. The van der Waals surface area contributed by atoms with Crippen molar-refractivity contribution >= 4 is 29.3 Å². The average Bonchev–Trinajstić information content (AvgIpc) is 2.63. The summed E-state index contributed by atoms with van der Waals surface area (Å²) in [5, 5.41) is 9.45. The fraction of sp³-hybridized carbons (Fsp3) is 0.409. The molecule has 0 radical (unpaired) electrons. The number of hydrogen-bond donors (Lipinski definition) is 1. The molecule has 5 heteroatoms. The number of benzene rings is 2.